The zero-order valence-corrected chi connectivity index (χ0v) is 20.3. The molecular weight excluding hydrogens is 446 g/mol. The molecule has 1 amide bonds. The van der Waals surface area contributed by atoms with Gasteiger partial charge in [0, 0.05) is 12.1 Å². The van der Waals surface area contributed by atoms with Gasteiger partial charge in [0.15, 0.2) is 23.2 Å². The monoisotopic (exact) mass is 473 g/mol. The lowest BCUT2D eigenvalue weighted by molar-refractivity contribution is -0.121. The van der Waals surface area contributed by atoms with Crippen LogP contribution in [0.4, 0.5) is 5.69 Å². The summed E-state index contributed by atoms with van der Waals surface area (Å²) in [6, 6.07) is 19.6. The molecule has 174 valence electrons. The number of anilines is 1. The predicted molar refractivity (Wildman–Crippen MR) is 138 cm³/mol. The highest BCUT2D eigenvalue weighted by molar-refractivity contribution is 7.80. The number of hydrogen-bond acceptors (Lipinski definition) is 5. The van der Waals surface area contributed by atoms with Crippen LogP contribution < -0.4 is 15.4 Å². The summed E-state index contributed by atoms with van der Waals surface area (Å²) in [6.07, 6.45) is 1.56. The first-order chi connectivity index (χ1) is 16.4. The number of aromatic nitrogens is 1. The van der Waals surface area contributed by atoms with Crippen molar-refractivity contribution in [1.82, 2.24) is 10.3 Å². The van der Waals surface area contributed by atoms with Gasteiger partial charge in [-0.2, -0.15) is 0 Å². The Morgan fingerprint density at radius 3 is 2.59 bits per heavy atom. The van der Waals surface area contributed by atoms with E-state index < -0.39 is 0 Å². The topological polar surface area (TPSA) is 76.4 Å². The molecule has 0 spiro atoms. The molecule has 0 bridgehead atoms. The van der Waals surface area contributed by atoms with Gasteiger partial charge in [0.05, 0.1) is 0 Å². The first-order valence-corrected chi connectivity index (χ1v) is 11.6. The van der Waals surface area contributed by atoms with Gasteiger partial charge < -0.3 is 14.5 Å². The minimum atomic E-state index is -0.322. The van der Waals surface area contributed by atoms with Crippen LogP contribution >= 0.6 is 12.2 Å². The van der Waals surface area contributed by atoms with E-state index in [4.69, 9.17) is 21.4 Å². The van der Waals surface area contributed by atoms with Crippen molar-refractivity contribution in [3.8, 4) is 5.75 Å². The van der Waals surface area contributed by atoms with Crippen molar-refractivity contribution >= 4 is 40.0 Å². The number of benzene rings is 3. The second-order valence-electron chi connectivity index (χ2n) is 8.13. The second-order valence-corrected chi connectivity index (χ2v) is 8.53. The molecule has 4 aromatic rings. The highest BCUT2D eigenvalue weighted by Gasteiger charge is 2.10. The maximum atomic E-state index is 12.2. The van der Waals surface area contributed by atoms with Crippen LogP contribution in [0.15, 0.2) is 65.1 Å². The Morgan fingerprint density at radius 1 is 1.06 bits per heavy atom. The van der Waals surface area contributed by atoms with E-state index in [9.17, 15) is 4.79 Å². The fraction of sp³-hybridized carbons (Fsp3) is 0.222. The first kappa shape index (κ1) is 23.4. The minimum Gasteiger partial charge on any atom is -0.483 e. The lowest BCUT2D eigenvalue weighted by Crippen LogP contribution is -2.37. The molecule has 6 nitrogen and oxygen atoms in total. The zero-order valence-electron chi connectivity index (χ0n) is 19.5. The fourth-order valence-corrected chi connectivity index (χ4v) is 3.78. The third kappa shape index (κ3) is 5.80. The number of rotatable bonds is 7. The molecule has 0 aliphatic heterocycles. The van der Waals surface area contributed by atoms with Crippen LogP contribution in [0.3, 0.4) is 0 Å². The number of carbonyl (C=O) groups excluding carboxylic acids is 1. The lowest BCUT2D eigenvalue weighted by atomic mass is 10.1. The summed E-state index contributed by atoms with van der Waals surface area (Å²) in [7, 11) is 0. The summed E-state index contributed by atoms with van der Waals surface area (Å²) in [5.74, 6) is 1.04. The number of aryl methyl sites for hydroxylation is 2. The molecule has 0 saturated heterocycles. The Hall–Kier alpha value is -3.71. The number of nitrogens with one attached hydrogen (secondary N) is 2. The summed E-state index contributed by atoms with van der Waals surface area (Å²) in [5, 5.41) is 5.88. The third-order valence-corrected chi connectivity index (χ3v) is 5.84. The Balaban J connectivity index is 1.28. The second kappa shape index (κ2) is 10.5. The van der Waals surface area contributed by atoms with Crippen LogP contribution in [0.1, 0.15) is 35.1 Å². The van der Waals surface area contributed by atoms with E-state index in [2.05, 4.69) is 34.7 Å². The normalized spacial score (nSPS) is 10.8. The molecule has 1 aromatic heterocycles. The first-order valence-electron chi connectivity index (χ1n) is 11.2. The Morgan fingerprint density at radius 2 is 1.82 bits per heavy atom. The Bertz CT molecular complexity index is 1330. The zero-order chi connectivity index (χ0) is 24.1. The molecule has 1 heterocycles. The fourth-order valence-electron chi connectivity index (χ4n) is 3.55. The van der Waals surface area contributed by atoms with Gasteiger partial charge in [0.25, 0.3) is 5.91 Å². The standard InChI is InChI=1S/C27H27N3O3S/c1-4-19-10-13-24-22(14-19)29-26(33-24)15-20-8-11-21(12-9-20)28-27(34)30-25(31)16-32-23-7-5-6-17(2)18(23)3/h5-14H,4,15-16H2,1-3H3,(H2,28,30,31,34). The minimum absolute atomic E-state index is 0.116. The molecule has 3 aromatic carbocycles. The molecule has 0 atom stereocenters. The maximum absolute atomic E-state index is 12.2. The average Bonchev–Trinajstić information content (AvgIpc) is 3.22. The van der Waals surface area contributed by atoms with Crippen molar-refractivity contribution in [1.29, 1.82) is 0 Å². The van der Waals surface area contributed by atoms with Crippen LogP contribution in [0.5, 0.6) is 5.75 Å². The van der Waals surface area contributed by atoms with E-state index in [1.165, 1.54) is 5.56 Å². The van der Waals surface area contributed by atoms with Crippen molar-refractivity contribution < 1.29 is 13.9 Å². The predicted octanol–water partition coefficient (Wildman–Crippen LogP) is 5.49. The average molecular weight is 474 g/mol. The van der Waals surface area contributed by atoms with Gasteiger partial charge in [0.1, 0.15) is 11.3 Å². The summed E-state index contributed by atoms with van der Waals surface area (Å²) in [6.45, 7) is 5.97. The molecular formula is C27H27N3O3S. The highest BCUT2D eigenvalue weighted by Crippen LogP contribution is 2.21. The molecule has 2 N–H and O–H groups in total. The molecule has 0 aliphatic rings. The summed E-state index contributed by atoms with van der Waals surface area (Å²) in [5.41, 5.74) is 6.88. The number of thiocarbonyl (C=S) groups is 1. The molecule has 0 unspecified atom stereocenters. The Kier molecular flexibility index (Phi) is 7.23. The van der Waals surface area contributed by atoms with Gasteiger partial charge in [-0.1, -0.05) is 37.3 Å². The van der Waals surface area contributed by atoms with Crippen LogP contribution in [0.2, 0.25) is 0 Å². The van der Waals surface area contributed by atoms with Gasteiger partial charge >= 0.3 is 0 Å². The summed E-state index contributed by atoms with van der Waals surface area (Å²) < 4.78 is 11.5. The van der Waals surface area contributed by atoms with E-state index in [-0.39, 0.29) is 17.6 Å². The van der Waals surface area contributed by atoms with Crippen molar-refractivity contribution in [2.24, 2.45) is 0 Å². The number of hydrogen-bond donors (Lipinski definition) is 2. The van der Waals surface area contributed by atoms with E-state index in [1.54, 1.807) is 0 Å². The largest absolute Gasteiger partial charge is 0.483 e. The van der Waals surface area contributed by atoms with E-state index in [0.717, 1.165) is 39.9 Å². The SMILES string of the molecule is CCc1ccc2oc(Cc3ccc(NC(=S)NC(=O)COc4cccc(C)c4C)cc3)nc2c1. The van der Waals surface area contributed by atoms with E-state index >= 15 is 0 Å². The van der Waals surface area contributed by atoms with Crippen LogP contribution in [0.25, 0.3) is 11.1 Å². The smallest absolute Gasteiger partial charge is 0.264 e. The number of fused-ring (bicyclic) bond motifs is 1. The highest BCUT2D eigenvalue weighted by atomic mass is 32.1. The molecule has 0 saturated carbocycles. The Labute approximate surface area is 204 Å². The molecule has 4 rings (SSSR count). The van der Waals surface area contributed by atoms with Gasteiger partial charge in [-0.3, -0.25) is 10.1 Å². The number of oxazole rings is 1. The third-order valence-electron chi connectivity index (χ3n) is 5.64. The molecule has 34 heavy (non-hydrogen) atoms. The molecule has 0 radical (unpaired) electrons. The van der Waals surface area contributed by atoms with E-state index in [0.29, 0.717) is 18.1 Å². The van der Waals surface area contributed by atoms with Crippen LogP contribution in [-0.2, 0) is 17.6 Å². The summed E-state index contributed by atoms with van der Waals surface area (Å²) >= 11 is 5.26. The summed E-state index contributed by atoms with van der Waals surface area (Å²) in [4.78, 5) is 16.8. The van der Waals surface area contributed by atoms with Gasteiger partial charge in [-0.25, -0.2) is 4.98 Å². The van der Waals surface area contributed by atoms with Crippen molar-refractivity contribution in [3.05, 3.63) is 88.8 Å². The lowest BCUT2D eigenvalue weighted by Gasteiger charge is -2.12. The van der Waals surface area contributed by atoms with Crippen LogP contribution in [-0.4, -0.2) is 22.6 Å². The molecule has 0 fully saturated rings. The van der Waals surface area contributed by atoms with Crippen molar-refractivity contribution in [3.63, 3.8) is 0 Å². The molecule has 0 aliphatic carbocycles. The molecule has 7 heteroatoms. The quantitative estimate of drug-likeness (QED) is 0.346. The maximum Gasteiger partial charge on any atom is 0.264 e. The van der Waals surface area contributed by atoms with Crippen molar-refractivity contribution in [2.45, 2.75) is 33.6 Å². The van der Waals surface area contributed by atoms with Gasteiger partial charge in [0.2, 0.25) is 0 Å². The number of ether oxygens (including phenoxy) is 1. The number of amides is 1. The van der Waals surface area contributed by atoms with Crippen molar-refractivity contribution in [2.75, 3.05) is 11.9 Å². The van der Waals surface area contributed by atoms with Crippen LogP contribution in [0, 0.1) is 13.8 Å². The number of nitrogens with zero attached hydrogens (tertiary/aromatic N) is 1. The van der Waals surface area contributed by atoms with Gasteiger partial charge in [-0.15, -0.1) is 0 Å². The number of carbonyl (C=O) groups is 1. The van der Waals surface area contributed by atoms with E-state index in [1.807, 2.05) is 62.4 Å². The van der Waals surface area contributed by atoms with Gasteiger partial charge in [-0.05, 0) is 85.1 Å².